The van der Waals surface area contributed by atoms with Gasteiger partial charge in [0.2, 0.25) is 0 Å². The SMILES string of the molecule is C[C@@H](O)C(=O)Nc1ccc(I)cc1. The fraction of sp³-hybridized carbons (Fsp3) is 0.222. The summed E-state index contributed by atoms with van der Waals surface area (Å²) in [5.74, 6) is -0.388. The molecule has 0 aromatic heterocycles. The smallest absolute Gasteiger partial charge is 0.252 e. The Balaban J connectivity index is 2.65. The van der Waals surface area contributed by atoms with Crippen LogP contribution in [0.4, 0.5) is 5.69 Å². The third-order valence-corrected chi connectivity index (χ3v) is 2.21. The lowest BCUT2D eigenvalue weighted by molar-refractivity contribution is -0.123. The van der Waals surface area contributed by atoms with Crippen LogP contribution in [0.1, 0.15) is 6.92 Å². The Bertz CT molecular complexity index is 295. The molecule has 0 bridgehead atoms. The Kier molecular flexibility index (Phi) is 3.68. The molecule has 1 atom stereocenters. The summed E-state index contributed by atoms with van der Waals surface area (Å²) in [6.07, 6.45) is -0.973. The predicted octanol–water partition coefficient (Wildman–Crippen LogP) is 1.61. The van der Waals surface area contributed by atoms with Crippen molar-refractivity contribution in [2.24, 2.45) is 0 Å². The van der Waals surface area contributed by atoms with Crippen molar-refractivity contribution in [3.63, 3.8) is 0 Å². The van der Waals surface area contributed by atoms with Crippen LogP contribution in [0.2, 0.25) is 0 Å². The maximum atomic E-state index is 11.0. The number of hydrogen-bond acceptors (Lipinski definition) is 2. The van der Waals surface area contributed by atoms with Crippen molar-refractivity contribution in [1.29, 1.82) is 0 Å². The molecule has 1 aromatic carbocycles. The highest BCUT2D eigenvalue weighted by atomic mass is 127. The number of carbonyl (C=O) groups is 1. The van der Waals surface area contributed by atoms with Gasteiger partial charge in [0.1, 0.15) is 6.10 Å². The van der Waals surface area contributed by atoms with E-state index in [1.165, 1.54) is 6.92 Å². The number of amides is 1. The molecule has 70 valence electrons. The van der Waals surface area contributed by atoms with Gasteiger partial charge in [0.25, 0.3) is 5.91 Å². The second-order valence-electron chi connectivity index (χ2n) is 2.67. The van der Waals surface area contributed by atoms with E-state index in [-0.39, 0.29) is 5.91 Å². The van der Waals surface area contributed by atoms with Gasteiger partial charge in [-0.05, 0) is 53.8 Å². The lowest BCUT2D eigenvalue weighted by Crippen LogP contribution is -2.24. The first-order valence-corrected chi connectivity index (χ1v) is 4.92. The number of nitrogens with one attached hydrogen (secondary N) is 1. The van der Waals surface area contributed by atoms with Crippen LogP contribution in [0.15, 0.2) is 24.3 Å². The molecule has 1 rings (SSSR count). The zero-order valence-electron chi connectivity index (χ0n) is 7.12. The quantitative estimate of drug-likeness (QED) is 0.813. The Morgan fingerprint density at radius 3 is 2.46 bits per heavy atom. The highest BCUT2D eigenvalue weighted by molar-refractivity contribution is 14.1. The van der Waals surface area contributed by atoms with Crippen molar-refractivity contribution in [2.75, 3.05) is 5.32 Å². The van der Waals surface area contributed by atoms with Crippen LogP contribution in [0.3, 0.4) is 0 Å². The summed E-state index contributed by atoms with van der Waals surface area (Å²) < 4.78 is 1.10. The van der Waals surface area contributed by atoms with Crippen molar-refractivity contribution in [1.82, 2.24) is 0 Å². The minimum absolute atomic E-state index is 0.388. The van der Waals surface area contributed by atoms with Crippen molar-refractivity contribution in [3.8, 4) is 0 Å². The molecular weight excluding hydrogens is 281 g/mol. The van der Waals surface area contributed by atoms with Crippen molar-refractivity contribution >= 4 is 34.2 Å². The van der Waals surface area contributed by atoms with Crippen molar-refractivity contribution in [3.05, 3.63) is 27.8 Å². The van der Waals surface area contributed by atoms with Gasteiger partial charge in [-0.1, -0.05) is 0 Å². The second kappa shape index (κ2) is 4.57. The molecule has 0 fully saturated rings. The van der Waals surface area contributed by atoms with Gasteiger partial charge in [0.05, 0.1) is 0 Å². The summed E-state index contributed by atoms with van der Waals surface area (Å²) in [7, 11) is 0. The Morgan fingerprint density at radius 1 is 1.46 bits per heavy atom. The molecule has 13 heavy (non-hydrogen) atoms. The van der Waals surface area contributed by atoms with E-state index in [4.69, 9.17) is 5.11 Å². The third kappa shape index (κ3) is 3.31. The molecule has 1 aromatic rings. The minimum Gasteiger partial charge on any atom is -0.384 e. The molecule has 0 radical (unpaired) electrons. The van der Waals surface area contributed by atoms with E-state index in [0.29, 0.717) is 5.69 Å². The van der Waals surface area contributed by atoms with Gasteiger partial charge in [-0.3, -0.25) is 4.79 Å². The van der Waals surface area contributed by atoms with Gasteiger partial charge >= 0.3 is 0 Å². The van der Waals surface area contributed by atoms with Crippen LogP contribution in [0, 0.1) is 3.57 Å². The summed E-state index contributed by atoms with van der Waals surface area (Å²) in [4.78, 5) is 11.0. The van der Waals surface area contributed by atoms with E-state index in [9.17, 15) is 4.79 Å². The molecule has 1 amide bonds. The molecule has 0 aliphatic heterocycles. The van der Waals surface area contributed by atoms with Crippen LogP contribution >= 0.6 is 22.6 Å². The van der Waals surface area contributed by atoms with Crippen LogP contribution in [-0.4, -0.2) is 17.1 Å². The highest BCUT2D eigenvalue weighted by Crippen LogP contribution is 2.11. The first kappa shape index (κ1) is 10.5. The average Bonchev–Trinajstić information content (AvgIpc) is 2.08. The first-order valence-electron chi connectivity index (χ1n) is 3.84. The van der Waals surface area contributed by atoms with E-state index >= 15 is 0 Å². The Labute approximate surface area is 90.3 Å². The Morgan fingerprint density at radius 2 is 2.00 bits per heavy atom. The summed E-state index contributed by atoms with van der Waals surface area (Å²) in [5, 5.41) is 11.5. The van der Waals surface area contributed by atoms with E-state index in [1.807, 2.05) is 12.1 Å². The highest BCUT2D eigenvalue weighted by Gasteiger charge is 2.07. The molecule has 0 unspecified atom stereocenters. The molecular formula is C9H10INO2. The van der Waals surface area contributed by atoms with Gasteiger partial charge in [-0.25, -0.2) is 0 Å². The summed E-state index contributed by atoms with van der Waals surface area (Å²) >= 11 is 2.18. The molecule has 4 heteroatoms. The second-order valence-corrected chi connectivity index (χ2v) is 3.92. The topological polar surface area (TPSA) is 49.3 Å². The molecule has 0 saturated heterocycles. The lowest BCUT2D eigenvalue weighted by atomic mass is 10.3. The molecule has 3 nitrogen and oxygen atoms in total. The van der Waals surface area contributed by atoms with Crippen LogP contribution < -0.4 is 5.32 Å². The molecule has 0 heterocycles. The first-order chi connectivity index (χ1) is 6.09. The number of halogens is 1. The minimum atomic E-state index is -0.973. The van der Waals surface area contributed by atoms with Gasteiger partial charge in [-0.2, -0.15) is 0 Å². The van der Waals surface area contributed by atoms with Gasteiger partial charge in [-0.15, -0.1) is 0 Å². The van der Waals surface area contributed by atoms with Gasteiger partial charge < -0.3 is 10.4 Å². The maximum absolute atomic E-state index is 11.0. The molecule has 2 N–H and O–H groups in total. The van der Waals surface area contributed by atoms with Gasteiger partial charge in [0.15, 0.2) is 0 Å². The van der Waals surface area contributed by atoms with Crippen LogP contribution in [0.5, 0.6) is 0 Å². The monoisotopic (exact) mass is 291 g/mol. The summed E-state index contributed by atoms with van der Waals surface area (Å²) in [5.41, 5.74) is 0.700. The predicted molar refractivity (Wildman–Crippen MR) is 59.5 cm³/mol. The fourth-order valence-corrected chi connectivity index (χ4v) is 1.14. The number of aliphatic hydroxyl groups excluding tert-OH is 1. The lowest BCUT2D eigenvalue weighted by Gasteiger charge is -2.06. The number of aliphatic hydroxyl groups is 1. The third-order valence-electron chi connectivity index (χ3n) is 1.49. The summed E-state index contributed by atoms with van der Waals surface area (Å²) in [6, 6.07) is 7.36. The fourth-order valence-electron chi connectivity index (χ4n) is 0.780. The van der Waals surface area contributed by atoms with E-state index in [1.54, 1.807) is 12.1 Å². The Hall–Kier alpha value is -0.620. The molecule has 0 aliphatic carbocycles. The van der Waals surface area contributed by atoms with Crippen molar-refractivity contribution < 1.29 is 9.90 Å². The number of benzene rings is 1. The largest absolute Gasteiger partial charge is 0.384 e. The summed E-state index contributed by atoms with van der Waals surface area (Å²) in [6.45, 7) is 1.43. The molecule has 0 spiro atoms. The van der Waals surface area contributed by atoms with Gasteiger partial charge in [0, 0.05) is 9.26 Å². The van der Waals surface area contributed by atoms with Crippen LogP contribution in [-0.2, 0) is 4.79 Å². The van der Waals surface area contributed by atoms with Crippen LogP contribution in [0.25, 0.3) is 0 Å². The number of rotatable bonds is 2. The van der Waals surface area contributed by atoms with E-state index in [2.05, 4.69) is 27.9 Å². The van der Waals surface area contributed by atoms with E-state index in [0.717, 1.165) is 3.57 Å². The normalized spacial score (nSPS) is 12.2. The number of carbonyl (C=O) groups excluding carboxylic acids is 1. The zero-order chi connectivity index (χ0) is 9.84. The molecule has 0 aliphatic rings. The molecule has 0 saturated carbocycles. The number of hydrogen-bond donors (Lipinski definition) is 2. The van der Waals surface area contributed by atoms with E-state index < -0.39 is 6.10 Å². The van der Waals surface area contributed by atoms with Crippen molar-refractivity contribution in [2.45, 2.75) is 13.0 Å². The standard InChI is InChI=1S/C9H10INO2/c1-6(12)9(13)11-8-4-2-7(10)3-5-8/h2-6,12H,1H3,(H,11,13)/t6-/m1/s1. The maximum Gasteiger partial charge on any atom is 0.252 e. The number of anilines is 1. The average molecular weight is 291 g/mol. The zero-order valence-corrected chi connectivity index (χ0v) is 9.28.